The molecule has 0 saturated heterocycles. The highest BCUT2D eigenvalue weighted by atomic mass is 32.2. The number of rotatable bonds is 8. The largest absolute Gasteiger partial charge is 0.458 e. The Kier molecular flexibility index (Phi) is 8.96. The van der Waals surface area contributed by atoms with E-state index in [0.29, 0.717) is 28.7 Å². The van der Waals surface area contributed by atoms with Crippen LogP contribution in [0.2, 0.25) is 0 Å². The van der Waals surface area contributed by atoms with Gasteiger partial charge in [-0.3, -0.25) is 4.79 Å². The van der Waals surface area contributed by atoms with Crippen molar-refractivity contribution in [2.75, 3.05) is 0 Å². The lowest BCUT2D eigenvalue weighted by Gasteiger charge is -2.60. The number of hydrogen-bond donors (Lipinski definition) is 0. The number of fused-ring (bicyclic) bond motifs is 5. The van der Waals surface area contributed by atoms with Gasteiger partial charge in [-0.2, -0.15) is 0 Å². The number of benzene rings is 1. The fourth-order valence-corrected chi connectivity index (χ4v) is 11.0. The summed E-state index contributed by atoms with van der Waals surface area (Å²) in [6.45, 7) is 14.1. The first kappa shape index (κ1) is 29.9. The van der Waals surface area contributed by atoms with Crippen LogP contribution < -0.4 is 0 Å². The number of esters is 1. The number of ether oxygens (including phenoxy) is 1. The van der Waals surface area contributed by atoms with Crippen molar-refractivity contribution < 1.29 is 14.3 Å². The van der Waals surface area contributed by atoms with Crippen molar-refractivity contribution in [1.29, 1.82) is 0 Å². The molecular weight excluding hydrogens is 512 g/mol. The second-order valence-electron chi connectivity index (χ2n) is 14.6. The monoisotopic (exact) mass is 564 g/mol. The molecule has 0 bridgehead atoms. The van der Waals surface area contributed by atoms with Crippen molar-refractivity contribution in [3.63, 3.8) is 0 Å². The normalized spacial score (nSPS) is 37.6. The highest BCUT2D eigenvalue weighted by molar-refractivity contribution is 8.14. The number of carbonyl (C=O) groups excluding carboxylic acids is 2. The summed E-state index contributed by atoms with van der Waals surface area (Å²) in [6.07, 6.45) is 14.5. The SMILES string of the molecule is CC(=O)S[C@H]1C=C2C[C@@H](OC(=O)c3ccccc3)CC[C@]2(C)[C@H]2CC[C@]3(C)[C@@H]([C@H](C)CCCC(C)C)CC[C@H]3[C@H]12. The summed E-state index contributed by atoms with van der Waals surface area (Å²) in [5.41, 5.74) is 2.61. The Morgan fingerprint density at radius 3 is 2.42 bits per heavy atom. The van der Waals surface area contributed by atoms with Gasteiger partial charge in [-0.1, -0.05) is 95.5 Å². The van der Waals surface area contributed by atoms with Crippen LogP contribution in [0, 0.1) is 46.3 Å². The second-order valence-corrected chi connectivity index (χ2v) is 16.0. The van der Waals surface area contributed by atoms with E-state index in [4.69, 9.17) is 4.74 Å². The Morgan fingerprint density at radius 2 is 1.73 bits per heavy atom. The second kappa shape index (κ2) is 12.0. The minimum Gasteiger partial charge on any atom is -0.458 e. The van der Waals surface area contributed by atoms with Crippen molar-refractivity contribution in [3.8, 4) is 0 Å². The smallest absolute Gasteiger partial charge is 0.338 e. The van der Waals surface area contributed by atoms with Gasteiger partial charge in [0.05, 0.1) is 5.56 Å². The molecule has 0 unspecified atom stereocenters. The molecule has 0 spiro atoms. The van der Waals surface area contributed by atoms with Gasteiger partial charge in [0.15, 0.2) is 5.12 Å². The van der Waals surface area contributed by atoms with Crippen LogP contribution in [0.1, 0.15) is 116 Å². The van der Waals surface area contributed by atoms with Crippen LogP contribution >= 0.6 is 11.8 Å². The van der Waals surface area contributed by atoms with Gasteiger partial charge in [0, 0.05) is 18.6 Å². The van der Waals surface area contributed by atoms with Gasteiger partial charge in [-0.25, -0.2) is 4.79 Å². The van der Waals surface area contributed by atoms with Crippen molar-refractivity contribution >= 4 is 22.8 Å². The van der Waals surface area contributed by atoms with Crippen LogP contribution in [0.25, 0.3) is 0 Å². The summed E-state index contributed by atoms with van der Waals surface area (Å²) >= 11 is 1.58. The van der Waals surface area contributed by atoms with E-state index in [0.717, 1.165) is 37.0 Å². The molecule has 0 aromatic heterocycles. The van der Waals surface area contributed by atoms with Crippen LogP contribution in [0.4, 0.5) is 0 Å². The Labute approximate surface area is 247 Å². The molecule has 3 nitrogen and oxygen atoms in total. The van der Waals surface area contributed by atoms with Gasteiger partial charge < -0.3 is 4.74 Å². The number of thioether (sulfide) groups is 1. The lowest BCUT2D eigenvalue weighted by atomic mass is 9.46. The van der Waals surface area contributed by atoms with Crippen LogP contribution in [-0.2, 0) is 9.53 Å². The topological polar surface area (TPSA) is 43.4 Å². The number of hydrogen-bond acceptors (Lipinski definition) is 4. The third-order valence-corrected chi connectivity index (χ3v) is 12.9. The lowest BCUT2D eigenvalue weighted by molar-refractivity contribution is -0.109. The average molecular weight is 565 g/mol. The van der Waals surface area contributed by atoms with Crippen LogP contribution in [0.15, 0.2) is 42.0 Å². The van der Waals surface area contributed by atoms with E-state index in [1.807, 2.05) is 30.3 Å². The molecule has 40 heavy (non-hydrogen) atoms. The van der Waals surface area contributed by atoms with Crippen molar-refractivity contribution in [3.05, 3.63) is 47.5 Å². The predicted molar refractivity (Wildman–Crippen MR) is 166 cm³/mol. The predicted octanol–water partition coefficient (Wildman–Crippen LogP) is 9.51. The molecule has 1 aromatic carbocycles. The highest BCUT2D eigenvalue weighted by Crippen LogP contribution is 2.68. The lowest BCUT2D eigenvalue weighted by Crippen LogP contribution is -2.54. The van der Waals surface area contributed by atoms with Crippen LogP contribution in [0.3, 0.4) is 0 Å². The summed E-state index contributed by atoms with van der Waals surface area (Å²) in [5.74, 6) is 4.04. The van der Waals surface area contributed by atoms with E-state index >= 15 is 0 Å². The Bertz CT molecular complexity index is 1090. The van der Waals surface area contributed by atoms with E-state index in [1.165, 1.54) is 50.5 Å². The summed E-state index contributed by atoms with van der Waals surface area (Å²) in [6, 6.07) is 9.36. The van der Waals surface area contributed by atoms with Crippen molar-refractivity contribution in [1.82, 2.24) is 0 Å². The molecule has 220 valence electrons. The van der Waals surface area contributed by atoms with Crippen molar-refractivity contribution in [2.45, 2.75) is 117 Å². The van der Waals surface area contributed by atoms with Crippen LogP contribution in [-0.4, -0.2) is 22.4 Å². The molecule has 4 aliphatic carbocycles. The minimum absolute atomic E-state index is 0.0806. The maximum Gasteiger partial charge on any atom is 0.338 e. The standard InChI is InChI=1S/C36H52O3S/c1-23(2)11-10-12-24(3)29-15-16-30-33-31(18-20-36(29,30)6)35(5)19-17-28(21-27(35)22-32(33)40-25(4)37)39-34(38)26-13-8-7-9-14-26/h7-9,13-14,22-24,28-33H,10-12,15-21H2,1-6H3/t24-,28+,29-,30+,31+,32+,33+,35+,36-/m1/s1. The summed E-state index contributed by atoms with van der Waals surface area (Å²) in [4.78, 5) is 25.4. The molecule has 3 saturated carbocycles. The summed E-state index contributed by atoms with van der Waals surface area (Å²) < 4.78 is 6.04. The molecule has 4 aliphatic rings. The average Bonchev–Trinajstić information content (AvgIpc) is 3.26. The fraction of sp³-hybridized carbons (Fsp3) is 0.722. The van der Waals surface area contributed by atoms with Gasteiger partial charge in [0.1, 0.15) is 6.10 Å². The molecule has 3 fully saturated rings. The Morgan fingerprint density at radius 1 is 0.975 bits per heavy atom. The minimum atomic E-state index is -0.217. The third kappa shape index (κ3) is 5.72. The zero-order chi connectivity index (χ0) is 28.7. The van der Waals surface area contributed by atoms with E-state index in [1.54, 1.807) is 18.7 Å². The molecule has 5 rings (SSSR count). The van der Waals surface area contributed by atoms with E-state index in [2.05, 4.69) is 40.7 Å². The molecule has 1 aromatic rings. The zero-order valence-electron chi connectivity index (χ0n) is 25.8. The zero-order valence-corrected chi connectivity index (χ0v) is 26.6. The fourth-order valence-electron chi connectivity index (χ4n) is 9.81. The van der Waals surface area contributed by atoms with Crippen molar-refractivity contribution in [2.24, 2.45) is 46.3 Å². The molecule has 0 amide bonds. The highest BCUT2D eigenvalue weighted by Gasteiger charge is 2.61. The summed E-state index contributed by atoms with van der Waals surface area (Å²) in [7, 11) is 0. The first-order valence-electron chi connectivity index (χ1n) is 16.2. The van der Waals surface area contributed by atoms with Gasteiger partial charge >= 0.3 is 5.97 Å². The summed E-state index contributed by atoms with van der Waals surface area (Å²) in [5, 5.41) is 0.477. The number of carbonyl (C=O) groups is 2. The Balaban J connectivity index is 1.36. The molecule has 0 aliphatic heterocycles. The maximum atomic E-state index is 12.8. The first-order chi connectivity index (χ1) is 19.0. The van der Waals surface area contributed by atoms with Gasteiger partial charge in [-0.15, -0.1) is 0 Å². The molecule has 0 radical (unpaired) electrons. The Hall–Kier alpha value is -1.55. The first-order valence-corrected chi connectivity index (χ1v) is 17.1. The van der Waals surface area contributed by atoms with Gasteiger partial charge in [0.2, 0.25) is 0 Å². The third-order valence-electron chi connectivity index (χ3n) is 11.8. The van der Waals surface area contributed by atoms with Gasteiger partial charge in [0.25, 0.3) is 0 Å². The molecular formula is C36H52O3S. The maximum absolute atomic E-state index is 12.8. The van der Waals surface area contributed by atoms with E-state index in [9.17, 15) is 9.59 Å². The molecule has 4 heteroatoms. The molecule has 0 N–H and O–H groups in total. The van der Waals surface area contributed by atoms with Crippen LogP contribution in [0.5, 0.6) is 0 Å². The quantitative estimate of drug-likeness (QED) is 0.233. The molecule has 9 atom stereocenters. The van der Waals surface area contributed by atoms with Gasteiger partial charge in [-0.05, 0) is 97.0 Å². The van der Waals surface area contributed by atoms with E-state index in [-0.39, 0.29) is 27.9 Å². The molecule has 0 heterocycles. The van der Waals surface area contributed by atoms with E-state index < -0.39 is 0 Å².